The van der Waals surface area contributed by atoms with Crippen LogP contribution < -0.4 is 10.5 Å². The summed E-state index contributed by atoms with van der Waals surface area (Å²) in [7, 11) is 1.58. The van der Waals surface area contributed by atoms with Crippen LogP contribution in [-0.4, -0.2) is 27.3 Å². The molecule has 0 aliphatic carbocycles. The quantitative estimate of drug-likeness (QED) is 0.893. The van der Waals surface area contributed by atoms with Crippen LogP contribution in [0.2, 0.25) is 5.02 Å². The number of halogens is 1. The van der Waals surface area contributed by atoms with Crippen LogP contribution in [0.1, 0.15) is 18.8 Å². The van der Waals surface area contributed by atoms with E-state index in [0.717, 1.165) is 0 Å². The van der Waals surface area contributed by atoms with Gasteiger partial charge in [-0.25, -0.2) is 0 Å². The van der Waals surface area contributed by atoms with E-state index in [9.17, 15) is 0 Å². The molecule has 2 aromatic rings. The van der Waals surface area contributed by atoms with E-state index in [1.165, 1.54) is 4.68 Å². The third kappa shape index (κ3) is 2.22. The standard InChI is InChI=1S/C10H12ClN5O/c1-6(12)10-13-14-15-16(10)9-5-7(17-2)3-4-8(9)11/h3-6H,12H2,1-2H3. The predicted molar refractivity (Wildman–Crippen MR) is 63.3 cm³/mol. The number of ether oxygens (including phenoxy) is 1. The molecule has 0 bridgehead atoms. The van der Waals surface area contributed by atoms with Gasteiger partial charge in [-0.05, 0) is 29.5 Å². The number of nitrogens with zero attached hydrogens (tertiary/aromatic N) is 4. The number of aromatic nitrogens is 4. The normalized spacial score (nSPS) is 12.5. The summed E-state index contributed by atoms with van der Waals surface area (Å²) in [5.41, 5.74) is 6.42. The molecule has 0 saturated heterocycles. The summed E-state index contributed by atoms with van der Waals surface area (Å²) in [4.78, 5) is 0. The van der Waals surface area contributed by atoms with E-state index >= 15 is 0 Å². The molecule has 0 radical (unpaired) electrons. The van der Waals surface area contributed by atoms with Gasteiger partial charge in [0.05, 0.1) is 23.9 Å². The van der Waals surface area contributed by atoms with E-state index in [1.807, 2.05) is 0 Å². The molecule has 1 aromatic heterocycles. The summed E-state index contributed by atoms with van der Waals surface area (Å²) >= 11 is 6.11. The van der Waals surface area contributed by atoms with Crippen molar-refractivity contribution >= 4 is 11.6 Å². The van der Waals surface area contributed by atoms with Gasteiger partial charge in [0.2, 0.25) is 0 Å². The molecule has 1 heterocycles. The minimum absolute atomic E-state index is 0.285. The first-order valence-electron chi connectivity index (χ1n) is 5.01. The van der Waals surface area contributed by atoms with Gasteiger partial charge >= 0.3 is 0 Å². The lowest BCUT2D eigenvalue weighted by Gasteiger charge is -2.09. The molecule has 0 amide bonds. The average Bonchev–Trinajstić information content (AvgIpc) is 2.78. The van der Waals surface area contributed by atoms with Crippen molar-refractivity contribution in [2.75, 3.05) is 7.11 Å². The second-order valence-electron chi connectivity index (χ2n) is 3.55. The largest absolute Gasteiger partial charge is 0.497 e. The first-order chi connectivity index (χ1) is 8.13. The maximum Gasteiger partial charge on any atom is 0.173 e. The highest BCUT2D eigenvalue weighted by molar-refractivity contribution is 6.32. The summed E-state index contributed by atoms with van der Waals surface area (Å²) in [6.07, 6.45) is 0. The fourth-order valence-electron chi connectivity index (χ4n) is 1.43. The molecule has 1 aromatic carbocycles. The number of nitrogens with two attached hydrogens (primary N) is 1. The Morgan fingerprint density at radius 3 is 2.88 bits per heavy atom. The average molecular weight is 254 g/mol. The zero-order valence-electron chi connectivity index (χ0n) is 9.46. The summed E-state index contributed by atoms with van der Waals surface area (Å²) in [5.74, 6) is 1.22. The Morgan fingerprint density at radius 2 is 2.24 bits per heavy atom. The summed E-state index contributed by atoms with van der Waals surface area (Å²) in [6, 6.07) is 4.96. The number of hydrogen-bond donors (Lipinski definition) is 1. The van der Waals surface area contributed by atoms with Crippen LogP contribution in [0.5, 0.6) is 5.75 Å². The Hall–Kier alpha value is -1.66. The van der Waals surface area contributed by atoms with Crippen LogP contribution in [0.15, 0.2) is 18.2 Å². The zero-order valence-corrected chi connectivity index (χ0v) is 10.2. The molecule has 0 saturated carbocycles. The van der Waals surface area contributed by atoms with E-state index in [1.54, 1.807) is 32.2 Å². The lowest BCUT2D eigenvalue weighted by Crippen LogP contribution is -2.13. The predicted octanol–water partition coefficient (Wildman–Crippen LogP) is 1.34. The number of tetrazole rings is 1. The number of hydrogen-bond acceptors (Lipinski definition) is 5. The molecular weight excluding hydrogens is 242 g/mol. The minimum Gasteiger partial charge on any atom is -0.497 e. The van der Waals surface area contributed by atoms with Gasteiger partial charge < -0.3 is 10.5 Å². The third-order valence-electron chi connectivity index (χ3n) is 2.28. The second-order valence-corrected chi connectivity index (χ2v) is 3.96. The molecule has 2 rings (SSSR count). The fourth-order valence-corrected chi connectivity index (χ4v) is 1.63. The van der Waals surface area contributed by atoms with Crippen molar-refractivity contribution < 1.29 is 4.74 Å². The van der Waals surface area contributed by atoms with Crippen LogP contribution in [0.4, 0.5) is 0 Å². The van der Waals surface area contributed by atoms with E-state index in [4.69, 9.17) is 22.1 Å². The zero-order chi connectivity index (χ0) is 12.4. The van der Waals surface area contributed by atoms with Gasteiger partial charge in [0, 0.05) is 6.07 Å². The van der Waals surface area contributed by atoms with Crippen molar-refractivity contribution in [1.29, 1.82) is 0 Å². The summed E-state index contributed by atoms with van der Waals surface area (Å²) < 4.78 is 6.65. The highest BCUT2D eigenvalue weighted by atomic mass is 35.5. The molecule has 0 spiro atoms. The van der Waals surface area contributed by atoms with E-state index in [-0.39, 0.29) is 6.04 Å². The lowest BCUT2D eigenvalue weighted by molar-refractivity contribution is 0.414. The smallest absolute Gasteiger partial charge is 0.173 e. The van der Waals surface area contributed by atoms with Crippen molar-refractivity contribution in [3.8, 4) is 11.4 Å². The van der Waals surface area contributed by atoms with Crippen molar-refractivity contribution in [3.63, 3.8) is 0 Å². The third-order valence-corrected chi connectivity index (χ3v) is 2.60. The molecule has 1 atom stereocenters. The molecule has 0 aliphatic rings. The topological polar surface area (TPSA) is 78.8 Å². The van der Waals surface area contributed by atoms with Crippen LogP contribution >= 0.6 is 11.6 Å². The van der Waals surface area contributed by atoms with Gasteiger partial charge in [-0.3, -0.25) is 0 Å². The molecule has 7 heteroatoms. The van der Waals surface area contributed by atoms with E-state index in [0.29, 0.717) is 22.3 Å². The van der Waals surface area contributed by atoms with Gasteiger partial charge in [-0.2, -0.15) is 4.68 Å². The highest BCUT2D eigenvalue weighted by Crippen LogP contribution is 2.26. The maximum atomic E-state index is 6.11. The first kappa shape index (κ1) is 11.8. The molecule has 6 nitrogen and oxygen atoms in total. The Kier molecular flexibility index (Phi) is 3.26. The fraction of sp³-hybridized carbons (Fsp3) is 0.300. The number of methoxy groups -OCH3 is 1. The van der Waals surface area contributed by atoms with Crippen LogP contribution in [0.25, 0.3) is 5.69 Å². The van der Waals surface area contributed by atoms with Gasteiger partial charge in [0.25, 0.3) is 0 Å². The molecule has 0 aliphatic heterocycles. The van der Waals surface area contributed by atoms with Crippen LogP contribution in [0.3, 0.4) is 0 Å². The number of benzene rings is 1. The van der Waals surface area contributed by atoms with Gasteiger partial charge in [-0.1, -0.05) is 11.6 Å². The molecule has 17 heavy (non-hydrogen) atoms. The van der Waals surface area contributed by atoms with Crippen molar-refractivity contribution in [1.82, 2.24) is 20.2 Å². The molecule has 2 N–H and O–H groups in total. The Bertz CT molecular complexity index is 525. The molecule has 1 unspecified atom stereocenters. The van der Waals surface area contributed by atoms with E-state index < -0.39 is 0 Å². The monoisotopic (exact) mass is 253 g/mol. The van der Waals surface area contributed by atoms with Gasteiger partial charge in [0.15, 0.2) is 5.82 Å². The van der Waals surface area contributed by atoms with Gasteiger partial charge in [-0.15, -0.1) is 5.10 Å². The molecule has 90 valence electrons. The maximum absolute atomic E-state index is 6.11. The van der Waals surface area contributed by atoms with Crippen molar-refractivity contribution in [3.05, 3.63) is 29.0 Å². The van der Waals surface area contributed by atoms with Crippen LogP contribution in [0, 0.1) is 0 Å². The SMILES string of the molecule is COc1ccc(Cl)c(-n2nnnc2C(C)N)c1. The molecule has 0 fully saturated rings. The van der Waals surface area contributed by atoms with Crippen molar-refractivity contribution in [2.24, 2.45) is 5.73 Å². The Balaban J connectivity index is 2.55. The lowest BCUT2D eigenvalue weighted by atomic mass is 10.2. The molecular formula is C10H12ClN5O. The second kappa shape index (κ2) is 4.68. The Morgan fingerprint density at radius 1 is 1.47 bits per heavy atom. The minimum atomic E-state index is -0.285. The van der Waals surface area contributed by atoms with Crippen molar-refractivity contribution in [2.45, 2.75) is 13.0 Å². The van der Waals surface area contributed by atoms with E-state index in [2.05, 4.69) is 15.5 Å². The number of rotatable bonds is 3. The summed E-state index contributed by atoms with van der Waals surface area (Å²) in [6.45, 7) is 1.80. The summed E-state index contributed by atoms with van der Waals surface area (Å²) in [5, 5.41) is 11.9. The van der Waals surface area contributed by atoms with Crippen LogP contribution in [-0.2, 0) is 0 Å². The first-order valence-corrected chi connectivity index (χ1v) is 5.39. The van der Waals surface area contributed by atoms with Gasteiger partial charge in [0.1, 0.15) is 5.75 Å². The highest BCUT2D eigenvalue weighted by Gasteiger charge is 2.15. The Labute approximate surface area is 103 Å².